The highest BCUT2D eigenvalue weighted by Crippen LogP contribution is 2.23. The number of nitrogens with one attached hydrogen (secondary N) is 2. The number of aromatic nitrogens is 4. The summed E-state index contributed by atoms with van der Waals surface area (Å²) >= 11 is 0. The summed E-state index contributed by atoms with van der Waals surface area (Å²) in [4.78, 5) is 37.6. The highest BCUT2D eigenvalue weighted by Gasteiger charge is 2.39. The Morgan fingerprint density at radius 2 is 2.19 bits per heavy atom. The standard InChI is InChI=1S/C12H15N5O4/c1-2-8(18)17(12-14-3-4-15-12)9(11(20)21)10(19)7-5-13-6-16-7/h3-6,9-10,19H,2H2,1H3,(H,13,16)(H,14,15)(H,20,21). The van der Waals surface area contributed by atoms with E-state index < -0.39 is 24.0 Å². The third-order valence-corrected chi connectivity index (χ3v) is 2.94. The SMILES string of the molecule is CCC(=O)N(c1ncc[nH]1)C(C(=O)O)C(O)c1c[nH]cn1. The van der Waals surface area contributed by atoms with Gasteiger partial charge in [-0.3, -0.25) is 9.69 Å². The van der Waals surface area contributed by atoms with E-state index >= 15 is 0 Å². The summed E-state index contributed by atoms with van der Waals surface area (Å²) < 4.78 is 0. The fourth-order valence-corrected chi connectivity index (χ4v) is 1.95. The Hall–Kier alpha value is -2.68. The normalized spacial score (nSPS) is 13.6. The van der Waals surface area contributed by atoms with Crippen LogP contribution in [0.2, 0.25) is 0 Å². The smallest absolute Gasteiger partial charge is 0.330 e. The lowest BCUT2D eigenvalue weighted by Crippen LogP contribution is -2.49. The van der Waals surface area contributed by atoms with Crippen molar-refractivity contribution in [2.45, 2.75) is 25.5 Å². The summed E-state index contributed by atoms with van der Waals surface area (Å²) in [5.74, 6) is -1.78. The number of carbonyl (C=O) groups is 2. The van der Waals surface area contributed by atoms with Crippen molar-refractivity contribution in [3.8, 4) is 0 Å². The molecule has 0 aliphatic rings. The number of hydrogen-bond acceptors (Lipinski definition) is 5. The van der Waals surface area contributed by atoms with Crippen LogP contribution in [0.1, 0.15) is 25.1 Å². The van der Waals surface area contributed by atoms with Gasteiger partial charge in [-0.05, 0) is 0 Å². The van der Waals surface area contributed by atoms with Crippen LogP contribution in [0.5, 0.6) is 0 Å². The summed E-state index contributed by atoms with van der Waals surface area (Å²) in [6.45, 7) is 1.60. The molecule has 1 amide bonds. The number of hydrogen-bond donors (Lipinski definition) is 4. The van der Waals surface area contributed by atoms with Crippen molar-refractivity contribution in [3.05, 3.63) is 30.6 Å². The second-order valence-electron chi connectivity index (χ2n) is 4.25. The van der Waals surface area contributed by atoms with Crippen molar-refractivity contribution in [3.63, 3.8) is 0 Å². The Kier molecular flexibility index (Phi) is 4.33. The molecule has 9 heteroatoms. The molecule has 0 aliphatic carbocycles. The van der Waals surface area contributed by atoms with Gasteiger partial charge >= 0.3 is 5.97 Å². The fraction of sp³-hybridized carbons (Fsp3) is 0.333. The van der Waals surface area contributed by atoms with Gasteiger partial charge in [-0.15, -0.1) is 0 Å². The minimum absolute atomic E-state index is 0.0591. The second-order valence-corrected chi connectivity index (χ2v) is 4.25. The molecule has 112 valence electrons. The minimum Gasteiger partial charge on any atom is -0.480 e. The first-order valence-corrected chi connectivity index (χ1v) is 6.27. The lowest BCUT2D eigenvalue weighted by atomic mass is 10.1. The molecule has 0 saturated heterocycles. The highest BCUT2D eigenvalue weighted by molar-refractivity contribution is 5.97. The van der Waals surface area contributed by atoms with Crippen molar-refractivity contribution in [2.75, 3.05) is 4.90 Å². The lowest BCUT2D eigenvalue weighted by molar-refractivity contribution is -0.143. The number of aliphatic hydroxyl groups excluding tert-OH is 1. The third-order valence-electron chi connectivity index (χ3n) is 2.94. The van der Waals surface area contributed by atoms with Crippen LogP contribution in [0, 0.1) is 0 Å². The Morgan fingerprint density at radius 3 is 2.67 bits per heavy atom. The number of carboxylic acid groups (broad SMARTS) is 1. The van der Waals surface area contributed by atoms with Crippen LogP contribution >= 0.6 is 0 Å². The van der Waals surface area contributed by atoms with E-state index in [1.807, 2.05) is 0 Å². The summed E-state index contributed by atoms with van der Waals surface area (Å²) in [5, 5.41) is 19.7. The van der Waals surface area contributed by atoms with Crippen LogP contribution in [-0.2, 0) is 9.59 Å². The van der Waals surface area contributed by atoms with Gasteiger partial charge in [0.2, 0.25) is 11.9 Å². The molecule has 0 saturated carbocycles. The summed E-state index contributed by atoms with van der Waals surface area (Å²) in [6.07, 6.45) is 4.12. The molecule has 0 aromatic carbocycles. The van der Waals surface area contributed by atoms with E-state index in [0.717, 1.165) is 4.90 Å². The number of carboxylic acids is 1. The maximum Gasteiger partial charge on any atom is 0.330 e. The van der Waals surface area contributed by atoms with Crippen LogP contribution in [0.15, 0.2) is 24.9 Å². The topological polar surface area (TPSA) is 135 Å². The number of anilines is 1. The van der Waals surface area contributed by atoms with Gasteiger partial charge in [0, 0.05) is 25.0 Å². The Bertz CT molecular complexity index is 595. The molecule has 0 spiro atoms. The number of H-pyrrole nitrogens is 2. The largest absolute Gasteiger partial charge is 0.480 e. The molecule has 2 aromatic heterocycles. The molecule has 0 fully saturated rings. The van der Waals surface area contributed by atoms with Gasteiger partial charge in [0.1, 0.15) is 6.10 Å². The summed E-state index contributed by atoms with van der Waals surface area (Å²) in [6, 6.07) is -1.54. The Balaban J connectivity index is 2.42. The van der Waals surface area contributed by atoms with E-state index in [4.69, 9.17) is 0 Å². The van der Waals surface area contributed by atoms with Gasteiger partial charge in [-0.2, -0.15) is 0 Å². The van der Waals surface area contributed by atoms with Gasteiger partial charge in [-0.25, -0.2) is 14.8 Å². The molecule has 9 nitrogen and oxygen atoms in total. The van der Waals surface area contributed by atoms with Crippen LogP contribution in [0.3, 0.4) is 0 Å². The molecule has 2 heterocycles. The van der Waals surface area contributed by atoms with Gasteiger partial charge in [0.25, 0.3) is 0 Å². The molecule has 0 aliphatic heterocycles. The van der Waals surface area contributed by atoms with Crippen molar-refractivity contribution in [1.82, 2.24) is 19.9 Å². The van der Waals surface area contributed by atoms with E-state index in [1.54, 1.807) is 6.92 Å². The molecule has 0 radical (unpaired) electrons. The maximum absolute atomic E-state index is 12.1. The zero-order chi connectivity index (χ0) is 15.4. The quantitative estimate of drug-likeness (QED) is 0.595. The Morgan fingerprint density at radius 1 is 1.43 bits per heavy atom. The van der Waals surface area contributed by atoms with Gasteiger partial charge < -0.3 is 20.2 Å². The zero-order valence-electron chi connectivity index (χ0n) is 11.2. The predicted molar refractivity (Wildman–Crippen MR) is 71.3 cm³/mol. The van der Waals surface area contributed by atoms with Crippen LogP contribution in [0.4, 0.5) is 5.95 Å². The van der Waals surface area contributed by atoms with Crippen molar-refractivity contribution in [2.24, 2.45) is 0 Å². The van der Waals surface area contributed by atoms with E-state index in [9.17, 15) is 19.8 Å². The predicted octanol–water partition coefficient (Wildman–Crippen LogP) is 0.0626. The van der Waals surface area contributed by atoms with Crippen molar-refractivity contribution in [1.29, 1.82) is 0 Å². The molecule has 2 unspecified atom stereocenters. The molecule has 2 aromatic rings. The highest BCUT2D eigenvalue weighted by atomic mass is 16.4. The van der Waals surface area contributed by atoms with E-state index in [0.29, 0.717) is 0 Å². The molecule has 2 atom stereocenters. The molecule has 0 bridgehead atoms. The van der Waals surface area contributed by atoms with E-state index in [1.165, 1.54) is 24.9 Å². The first-order valence-electron chi connectivity index (χ1n) is 6.27. The number of aliphatic hydroxyl groups is 1. The van der Waals surface area contributed by atoms with E-state index in [2.05, 4.69) is 19.9 Å². The Labute approximate surface area is 119 Å². The minimum atomic E-state index is -1.54. The number of aliphatic carboxylic acids is 1. The summed E-state index contributed by atoms with van der Waals surface area (Å²) in [5.41, 5.74) is 0.128. The van der Waals surface area contributed by atoms with Crippen LogP contribution < -0.4 is 4.90 Å². The van der Waals surface area contributed by atoms with Gasteiger partial charge in [0.15, 0.2) is 6.04 Å². The monoisotopic (exact) mass is 293 g/mol. The first-order chi connectivity index (χ1) is 10.1. The lowest BCUT2D eigenvalue weighted by Gasteiger charge is -2.29. The number of imidazole rings is 2. The summed E-state index contributed by atoms with van der Waals surface area (Å²) in [7, 11) is 0. The van der Waals surface area contributed by atoms with Crippen LogP contribution in [0.25, 0.3) is 0 Å². The molecule has 4 N–H and O–H groups in total. The van der Waals surface area contributed by atoms with Crippen LogP contribution in [-0.4, -0.2) is 48.1 Å². The van der Waals surface area contributed by atoms with E-state index in [-0.39, 0.29) is 18.1 Å². The fourth-order valence-electron chi connectivity index (χ4n) is 1.95. The maximum atomic E-state index is 12.1. The number of aromatic amines is 2. The first kappa shape index (κ1) is 14.7. The number of amides is 1. The molecular formula is C12H15N5O4. The van der Waals surface area contributed by atoms with Gasteiger partial charge in [0.05, 0.1) is 12.0 Å². The van der Waals surface area contributed by atoms with Crippen molar-refractivity contribution < 1.29 is 19.8 Å². The van der Waals surface area contributed by atoms with Crippen molar-refractivity contribution >= 4 is 17.8 Å². The number of rotatable bonds is 6. The molecular weight excluding hydrogens is 278 g/mol. The molecule has 2 rings (SSSR count). The second kappa shape index (κ2) is 6.18. The molecule has 21 heavy (non-hydrogen) atoms. The zero-order valence-corrected chi connectivity index (χ0v) is 11.2. The average molecular weight is 293 g/mol. The average Bonchev–Trinajstić information content (AvgIpc) is 3.14. The van der Waals surface area contributed by atoms with Gasteiger partial charge in [-0.1, -0.05) is 6.92 Å². The third kappa shape index (κ3) is 2.92. The number of carbonyl (C=O) groups excluding carboxylic acids is 1. The number of nitrogens with zero attached hydrogens (tertiary/aromatic N) is 3.